The molecule has 4 aliphatic carbocycles. The molecule has 1 aliphatic heterocycles. The van der Waals surface area contributed by atoms with Gasteiger partial charge in [-0.3, -0.25) is 9.59 Å². The number of ether oxygens (including phenoxy) is 1. The summed E-state index contributed by atoms with van der Waals surface area (Å²) < 4.78 is 4.81. The maximum Gasteiger partial charge on any atom is 0.317 e. The van der Waals surface area contributed by atoms with Crippen molar-refractivity contribution in [1.29, 1.82) is 0 Å². The van der Waals surface area contributed by atoms with E-state index in [0.717, 1.165) is 24.0 Å². The minimum absolute atomic E-state index is 0.244. The molecule has 19 heavy (non-hydrogen) atoms. The molecule has 0 aromatic rings. The summed E-state index contributed by atoms with van der Waals surface area (Å²) in [5.74, 6) is -0.424. The van der Waals surface area contributed by atoms with Crippen LogP contribution in [-0.2, 0) is 14.3 Å². The Balaban J connectivity index is 1.80. The van der Waals surface area contributed by atoms with E-state index in [1.54, 1.807) is 0 Å². The van der Waals surface area contributed by atoms with E-state index in [-0.39, 0.29) is 23.8 Å². The van der Waals surface area contributed by atoms with Gasteiger partial charge in [-0.2, -0.15) is 0 Å². The van der Waals surface area contributed by atoms with Crippen molar-refractivity contribution in [2.75, 3.05) is 0 Å². The molecule has 0 N–H and O–H groups in total. The Bertz CT molecular complexity index is 531. The van der Waals surface area contributed by atoms with Crippen LogP contribution in [0.15, 0.2) is 35.5 Å². The number of cyclic esters (lactones) is 2. The van der Waals surface area contributed by atoms with Crippen molar-refractivity contribution in [2.45, 2.75) is 25.7 Å². The monoisotopic (exact) mass is 256 g/mol. The van der Waals surface area contributed by atoms with Crippen LogP contribution < -0.4 is 0 Å². The van der Waals surface area contributed by atoms with Crippen LogP contribution in [0.25, 0.3) is 0 Å². The van der Waals surface area contributed by atoms with Gasteiger partial charge in [-0.05, 0) is 36.8 Å². The fourth-order valence-electron chi connectivity index (χ4n) is 4.40. The van der Waals surface area contributed by atoms with E-state index < -0.39 is 0 Å². The number of hydrogen-bond acceptors (Lipinski definition) is 3. The van der Waals surface area contributed by atoms with Gasteiger partial charge in [0.25, 0.3) is 0 Å². The molecule has 4 unspecified atom stereocenters. The van der Waals surface area contributed by atoms with Gasteiger partial charge in [0.05, 0.1) is 11.8 Å². The molecule has 0 spiro atoms. The van der Waals surface area contributed by atoms with E-state index in [4.69, 9.17) is 4.74 Å². The zero-order valence-electron chi connectivity index (χ0n) is 10.8. The lowest BCUT2D eigenvalue weighted by atomic mass is 9.57. The first-order valence-electron chi connectivity index (χ1n) is 6.93. The van der Waals surface area contributed by atoms with Crippen molar-refractivity contribution < 1.29 is 14.3 Å². The Kier molecular flexibility index (Phi) is 2.05. The molecule has 1 saturated carbocycles. The third-order valence-corrected chi connectivity index (χ3v) is 5.42. The van der Waals surface area contributed by atoms with Gasteiger partial charge in [-0.1, -0.05) is 24.3 Å². The van der Waals surface area contributed by atoms with Crippen LogP contribution in [0, 0.1) is 23.7 Å². The van der Waals surface area contributed by atoms with Gasteiger partial charge in [0.2, 0.25) is 0 Å². The predicted octanol–water partition coefficient (Wildman–Crippen LogP) is 2.54. The Labute approximate surface area is 112 Å². The molecule has 3 heteroatoms. The molecule has 1 heterocycles. The van der Waals surface area contributed by atoms with Gasteiger partial charge in [0.15, 0.2) is 0 Å². The van der Waals surface area contributed by atoms with Gasteiger partial charge in [0, 0.05) is 11.8 Å². The number of carbonyl (C=O) groups is 2. The summed E-state index contributed by atoms with van der Waals surface area (Å²) in [6, 6.07) is 0. The fourth-order valence-corrected chi connectivity index (χ4v) is 4.40. The molecule has 5 aliphatic rings. The molecular weight excluding hydrogens is 240 g/mol. The van der Waals surface area contributed by atoms with Gasteiger partial charge in [-0.15, -0.1) is 0 Å². The molecule has 0 aromatic heterocycles. The molecule has 3 nitrogen and oxygen atoms in total. The Morgan fingerprint density at radius 1 is 0.842 bits per heavy atom. The maximum atomic E-state index is 11.7. The number of hydrogen-bond donors (Lipinski definition) is 0. The van der Waals surface area contributed by atoms with Crippen LogP contribution in [0.2, 0.25) is 0 Å². The number of carbonyl (C=O) groups excluding carboxylic acids is 2. The van der Waals surface area contributed by atoms with Crippen molar-refractivity contribution in [3.63, 3.8) is 0 Å². The first kappa shape index (κ1) is 11.2. The van der Waals surface area contributed by atoms with E-state index in [2.05, 4.69) is 13.2 Å². The molecule has 5 rings (SSSR count). The summed E-state index contributed by atoms with van der Waals surface area (Å²) in [5, 5.41) is 0. The summed E-state index contributed by atoms with van der Waals surface area (Å²) in [7, 11) is 0. The standard InChI is InChI=1S/C16H16O3/c1-7-8(2)10-4-3-9(7)11-5-13-14(6-12(10)11)16(18)19-15(13)17/h9-10,13-14H,1-6H2. The molecule has 0 radical (unpaired) electrons. The van der Waals surface area contributed by atoms with Crippen molar-refractivity contribution in [3.05, 3.63) is 35.5 Å². The van der Waals surface area contributed by atoms with Crippen LogP contribution in [0.5, 0.6) is 0 Å². The van der Waals surface area contributed by atoms with E-state index in [0.29, 0.717) is 24.7 Å². The van der Waals surface area contributed by atoms with Crippen molar-refractivity contribution in [2.24, 2.45) is 23.7 Å². The summed E-state index contributed by atoms with van der Waals surface area (Å²) in [4.78, 5) is 23.5. The van der Waals surface area contributed by atoms with Crippen molar-refractivity contribution in [1.82, 2.24) is 0 Å². The van der Waals surface area contributed by atoms with Crippen LogP contribution in [0.1, 0.15) is 25.7 Å². The highest BCUT2D eigenvalue weighted by molar-refractivity contribution is 5.97. The second kappa shape index (κ2) is 3.47. The average Bonchev–Trinajstić information content (AvgIpc) is 2.68. The molecule has 98 valence electrons. The van der Waals surface area contributed by atoms with E-state index in [1.807, 2.05) is 0 Å². The second-order valence-electron chi connectivity index (χ2n) is 6.14. The van der Waals surface area contributed by atoms with Crippen molar-refractivity contribution in [3.8, 4) is 0 Å². The zero-order valence-corrected chi connectivity index (χ0v) is 10.8. The first-order valence-corrected chi connectivity index (χ1v) is 6.93. The highest BCUT2D eigenvalue weighted by atomic mass is 16.6. The Hall–Kier alpha value is -1.64. The number of esters is 2. The van der Waals surface area contributed by atoms with Crippen LogP contribution in [0.4, 0.5) is 0 Å². The topological polar surface area (TPSA) is 43.4 Å². The fraction of sp³-hybridized carbons (Fsp3) is 0.500. The quantitative estimate of drug-likeness (QED) is 0.380. The molecule has 2 fully saturated rings. The highest BCUT2D eigenvalue weighted by Gasteiger charge is 2.52. The van der Waals surface area contributed by atoms with Gasteiger partial charge >= 0.3 is 11.9 Å². The van der Waals surface area contributed by atoms with Crippen LogP contribution in [-0.4, -0.2) is 11.9 Å². The lowest BCUT2D eigenvalue weighted by molar-refractivity contribution is -0.153. The van der Waals surface area contributed by atoms with Crippen LogP contribution >= 0.6 is 0 Å². The van der Waals surface area contributed by atoms with Crippen molar-refractivity contribution >= 4 is 11.9 Å². The average molecular weight is 256 g/mol. The smallest absolute Gasteiger partial charge is 0.317 e. The summed E-state index contributed by atoms with van der Waals surface area (Å²) >= 11 is 0. The maximum absolute atomic E-state index is 11.7. The second-order valence-corrected chi connectivity index (χ2v) is 6.14. The SMILES string of the molecule is C=C1C(=C)C2CCC1C1=C2CC2C(=O)OC(=O)C2C1. The van der Waals surface area contributed by atoms with E-state index >= 15 is 0 Å². The highest BCUT2D eigenvalue weighted by Crippen LogP contribution is 2.57. The molecule has 2 bridgehead atoms. The molecule has 0 aromatic carbocycles. The lowest BCUT2D eigenvalue weighted by Crippen LogP contribution is -2.37. The Morgan fingerprint density at radius 2 is 1.26 bits per heavy atom. The summed E-state index contributed by atoms with van der Waals surface area (Å²) in [5.41, 5.74) is 5.01. The van der Waals surface area contributed by atoms with Gasteiger partial charge in [0.1, 0.15) is 0 Å². The molecule has 4 atom stereocenters. The third-order valence-electron chi connectivity index (χ3n) is 5.42. The molecular formula is C16H16O3. The van der Waals surface area contributed by atoms with E-state index in [1.165, 1.54) is 11.1 Å². The zero-order chi connectivity index (χ0) is 13.3. The van der Waals surface area contributed by atoms with Gasteiger partial charge in [-0.25, -0.2) is 0 Å². The molecule has 0 amide bonds. The largest absolute Gasteiger partial charge is 0.393 e. The summed E-state index contributed by atoms with van der Waals surface area (Å²) in [6.07, 6.45) is 3.61. The van der Waals surface area contributed by atoms with Gasteiger partial charge < -0.3 is 4.74 Å². The number of fused-ring (bicyclic) bond motifs is 3. The minimum Gasteiger partial charge on any atom is -0.393 e. The minimum atomic E-state index is -0.326. The van der Waals surface area contributed by atoms with E-state index in [9.17, 15) is 9.59 Å². The normalized spacial score (nSPS) is 40.4. The summed E-state index contributed by atoms with van der Waals surface area (Å²) in [6.45, 7) is 8.34. The molecule has 1 saturated heterocycles. The predicted molar refractivity (Wildman–Crippen MR) is 68.8 cm³/mol. The lowest BCUT2D eigenvalue weighted by Gasteiger charge is -2.46. The first-order chi connectivity index (χ1) is 9.08. The number of allylic oxidation sites excluding steroid dienone is 4. The third kappa shape index (κ3) is 1.28. The van der Waals surface area contributed by atoms with Crippen LogP contribution in [0.3, 0.4) is 0 Å². The number of rotatable bonds is 0. The Morgan fingerprint density at radius 3 is 1.68 bits per heavy atom.